The lowest BCUT2D eigenvalue weighted by atomic mass is 10.0. The van der Waals surface area contributed by atoms with Gasteiger partial charge in [0.05, 0.1) is 11.7 Å². The van der Waals surface area contributed by atoms with Crippen LogP contribution in [0, 0.1) is 6.92 Å². The van der Waals surface area contributed by atoms with Gasteiger partial charge in [0.25, 0.3) is 0 Å². The van der Waals surface area contributed by atoms with Crippen molar-refractivity contribution < 1.29 is 0 Å². The van der Waals surface area contributed by atoms with Gasteiger partial charge >= 0.3 is 0 Å². The number of nitrogens with two attached hydrogens (primary N) is 1. The summed E-state index contributed by atoms with van der Waals surface area (Å²) in [6.07, 6.45) is 2.63. The lowest BCUT2D eigenvalue weighted by molar-refractivity contribution is 0.545. The summed E-state index contributed by atoms with van der Waals surface area (Å²) < 4.78 is 1.69. The van der Waals surface area contributed by atoms with E-state index in [0.29, 0.717) is 0 Å². The van der Waals surface area contributed by atoms with Crippen LogP contribution >= 0.6 is 0 Å². The van der Waals surface area contributed by atoms with Crippen LogP contribution in [-0.2, 0) is 13.5 Å². The molecule has 5 heteroatoms. The van der Waals surface area contributed by atoms with E-state index in [9.17, 15) is 0 Å². The molecule has 0 aliphatic carbocycles. The number of rotatable bonds is 4. The van der Waals surface area contributed by atoms with Crippen LogP contribution in [0.2, 0.25) is 0 Å². The first kappa shape index (κ1) is 11.8. The van der Waals surface area contributed by atoms with Crippen molar-refractivity contribution in [2.24, 2.45) is 12.9 Å². The van der Waals surface area contributed by atoms with E-state index in [4.69, 9.17) is 5.84 Å². The first-order chi connectivity index (χ1) is 8.19. The molecule has 2 rings (SSSR count). The molecular formula is C12H17N5. The molecule has 0 saturated carbocycles. The molecule has 3 N–H and O–H groups in total. The molecule has 0 aliphatic rings. The van der Waals surface area contributed by atoms with E-state index in [1.807, 2.05) is 13.2 Å². The predicted octanol–water partition coefficient (Wildman–Crippen LogP) is 0.871. The van der Waals surface area contributed by atoms with Gasteiger partial charge in [0.1, 0.15) is 0 Å². The van der Waals surface area contributed by atoms with E-state index in [-0.39, 0.29) is 6.04 Å². The molecule has 0 radical (unpaired) electrons. The fraction of sp³-hybridized carbons (Fsp3) is 0.333. The molecule has 0 spiro atoms. The second-order valence-corrected chi connectivity index (χ2v) is 4.22. The highest BCUT2D eigenvalue weighted by molar-refractivity contribution is 5.25. The highest BCUT2D eigenvalue weighted by Gasteiger charge is 2.12. The van der Waals surface area contributed by atoms with E-state index in [1.165, 1.54) is 5.56 Å². The van der Waals surface area contributed by atoms with Crippen molar-refractivity contribution in [3.63, 3.8) is 0 Å². The largest absolute Gasteiger partial charge is 0.271 e. The Morgan fingerprint density at radius 2 is 2.06 bits per heavy atom. The summed E-state index contributed by atoms with van der Waals surface area (Å²) in [7, 11) is 1.85. The number of hydrogen-bond acceptors (Lipinski definition) is 4. The van der Waals surface area contributed by atoms with Crippen molar-refractivity contribution in [2.75, 3.05) is 0 Å². The normalized spacial score (nSPS) is 12.6. The first-order valence-electron chi connectivity index (χ1n) is 5.57. The van der Waals surface area contributed by atoms with Crippen LogP contribution in [0.1, 0.15) is 22.9 Å². The molecule has 5 nitrogen and oxygen atoms in total. The molecule has 90 valence electrons. The van der Waals surface area contributed by atoms with E-state index >= 15 is 0 Å². The SMILES string of the molecule is Cc1ccc(C(Cc2cn(C)nn2)NN)cc1. The summed E-state index contributed by atoms with van der Waals surface area (Å²) in [4.78, 5) is 0. The summed E-state index contributed by atoms with van der Waals surface area (Å²) in [5.74, 6) is 5.59. The number of nitrogens with one attached hydrogen (secondary N) is 1. The third-order valence-corrected chi connectivity index (χ3v) is 2.74. The fourth-order valence-electron chi connectivity index (χ4n) is 1.77. The van der Waals surface area contributed by atoms with E-state index in [0.717, 1.165) is 17.7 Å². The van der Waals surface area contributed by atoms with E-state index in [2.05, 4.69) is 46.9 Å². The van der Waals surface area contributed by atoms with Crippen LogP contribution in [0.5, 0.6) is 0 Å². The van der Waals surface area contributed by atoms with Crippen LogP contribution in [0.3, 0.4) is 0 Å². The van der Waals surface area contributed by atoms with Gasteiger partial charge in [-0.3, -0.25) is 16.0 Å². The maximum atomic E-state index is 5.59. The van der Waals surface area contributed by atoms with Gasteiger partial charge in [-0.05, 0) is 12.5 Å². The molecule has 1 atom stereocenters. The second kappa shape index (κ2) is 5.07. The number of hydrogen-bond donors (Lipinski definition) is 2. The molecule has 1 heterocycles. The molecule has 2 aromatic rings. The quantitative estimate of drug-likeness (QED) is 0.605. The minimum absolute atomic E-state index is 0.0623. The summed E-state index contributed by atoms with van der Waals surface area (Å²) in [6, 6.07) is 8.38. The van der Waals surface area contributed by atoms with Gasteiger partial charge in [-0.15, -0.1) is 5.10 Å². The zero-order chi connectivity index (χ0) is 12.3. The highest BCUT2D eigenvalue weighted by Crippen LogP contribution is 2.16. The summed E-state index contributed by atoms with van der Waals surface area (Å²) in [6.45, 7) is 2.07. The van der Waals surface area contributed by atoms with Gasteiger partial charge in [0.15, 0.2) is 0 Å². The van der Waals surface area contributed by atoms with Crippen LogP contribution in [0.4, 0.5) is 0 Å². The molecule has 1 unspecified atom stereocenters. The topological polar surface area (TPSA) is 68.8 Å². The van der Waals surface area contributed by atoms with Gasteiger partial charge < -0.3 is 0 Å². The minimum atomic E-state index is 0.0623. The molecule has 0 aliphatic heterocycles. The van der Waals surface area contributed by atoms with Gasteiger partial charge in [-0.25, -0.2) is 0 Å². The summed E-state index contributed by atoms with van der Waals surface area (Å²) in [5, 5.41) is 7.97. The zero-order valence-electron chi connectivity index (χ0n) is 10.1. The third kappa shape index (κ3) is 2.89. The minimum Gasteiger partial charge on any atom is -0.271 e. The Bertz CT molecular complexity index is 474. The van der Waals surface area contributed by atoms with Crippen LogP contribution in [0.15, 0.2) is 30.5 Å². The second-order valence-electron chi connectivity index (χ2n) is 4.22. The zero-order valence-corrected chi connectivity index (χ0v) is 10.1. The van der Waals surface area contributed by atoms with Crippen molar-refractivity contribution in [2.45, 2.75) is 19.4 Å². The van der Waals surface area contributed by atoms with Crippen LogP contribution in [-0.4, -0.2) is 15.0 Å². The Morgan fingerprint density at radius 3 is 2.59 bits per heavy atom. The smallest absolute Gasteiger partial charge is 0.0846 e. The van der Waals surface area contributed by atoms with E-state index in [1.54, 1.807) is 4.68 Å². The number of benzene rings is 1. The van der Waals surface area contributed by atoms with Gasteiger partial charge in [-0.2, -0.15) is 0 Å². The highest BCUT2D eigenvalue weighted by atomic mass is 15.4. The Kier molecular flexibility index (Phi) is 3.51. The molecule has 1 aromatic heterocycles. The summed E-state index contributed by atoms with van der Waals surface area (Å²) in [5.41, 5.74) is 6.14. The fourth-order valence-corrected chi connectivity index (χ4v) is 1.77. The van der Waals surface area contributed by atoms with Gasteiger partial charge in [0.2, 0.25) is 0 Å². The monoisotopic (exact) mass is 231 g/mol. The first-order valence-corrected chi connectivity index (χ1v) is 5.57. The number of aromatic nitrogens is 3. The van der Waals surface area contributed by atoms with Crippen LogP contribution in [0.25, 0.3) is 0 Å². The van der Waals surface area contributed by atoms with E-state index < -0.39 is 0 Å². The number of aryl methyl sites for hydroxylation is 2. The average molecular weight is 231 g/mol. The Labute approximate surface area is 101 Å². The molecule has 0 saturated heterocycles. The average Bonchev–Trinajstić information content (AvgIpc) is 2.73. The molecule has 17 heavy (non-hydrogen) atoms. The Balaban J connectivity index is 2.13. The number of nitrogens with zero attached hydrogens (tertiary/aromatic N) is 3. The lowest BCUT2D eigenvalue weighted by Crippen LogP contribution is -2.29. The van der Waals surface area contributed by atoms with Crippen molar-refractivity contribution in [1.29, 1.82) is 0 Å². The third-order valence-electron chi connectivity index (χ3n) is 2.74. The maximum Gasteiger partial charge on any atom is 0.0846 e. The van der Waals surface area contributed by atoms with Crippen molar-refractivity contribution >= 4 is 0 Å². The molecule has 0 bridgehead atoms. The number of hydrazine groups is 1. The lowest BCUT2D eigenvalue weighted by Gasteiger charge is -2.14. The molecule has 0 amide bonds. The summed E-state index contributed by atoms with van der Waals surface area (Å²) >= 11 is 0. The molecule has 1 aromatic carbocycles. The van der Waals surface area contributed by atoms with Gasteiger partial charge in [-0.1, -0.05) is 35.0 Å². The van der Waals surface area contributed by atoms with Gasteiger partial charge in [0, 0.05) is 19.7 Å². The maximum absolute atomic E-state index is 5.59. The van der Waals surface area contributed by atoms with Crippen LogP contribution < -0.4 is 11.3 Å². The molecular weight excluding hydrogens is 214 g/mol. The predicted molar refractivity (Wildman–Crippen MR) is 66.0 cm³/mol. The standard InChI is InChI=1S/C12H17N5/c1-9-3-5-10(6-4-9)12(14-13)7-11-8-17(2)16-15-11/h3-6,8,12,14H,7,13H2,1-2H3. The van der Waals surface area contributed by atoms with Crippen molar-refractivity contribution in [3.8, 4) is 0 Å². The Morgan fingerprint density at radius 1 is 1.35 bits per heavy atom. The molecule has 0 fully saturated rings. The Hall–Kier alpha value is -1.72. The van der Waals surface area contributed by atoms with Crippen molar-refractivity contribution in [3.05, 3.63) is 47.3 Å². The van der Waals surface area contributed by atoms with Crippen molar-refractivity contribution in [1.82, 2.24) is 20.4 Å².